The highest BCUT2D eigenvalue weighted by molar-refractivity contribution is 5.76. The molecule has 0 bridgehead atoms. The number of ether oxygens (including phenoxy) is 1. The van der Waals surface area contributed by atoms with Crippen molar-refractivity contribution in [3.63, 3.8) is 0 Å². The Bertz CT molecular complexity index is 1010. The number of unbranched alkanes of at least 4 members (excludes halogenated alkanes) is 35. The second kappa shape index (κ2) is 51.7. The molecule has 0 spiro atoms. The van der Waals surface area contributed by atoms with Crippen LogP contribution in [0.2, 0.25) is 0 Å². The molecule has 0 aliphatic heterocycles. The standard InChI is InChI=1S/C56H105NO5/c1-3-5-7-9-11-13-15-17-18-19-20-23-26-30-34-38-42-46-50-56(61)62-51-47-43-39-35-31-27-24-21-22-25-29-33-37-41-45-49-55(60)57-53(52-58)54(59)48-44-40-36-32-28-16-14-12-10-8-6-4-2/h13,15,18-19,44,48,53-54,58-59H,3-12,14,16-17,20-43,45-47,49-52H2,1-2H3,(H,57,60)/b15-13-,19-18-,48-44+. The van der Waals surface area contributed by atoms with E-state index in [1.807, 2.05) is 6.08 Å². The van der Waals surface area contributed by atoms with E-state index in [0.29, 0.717) is 19.4 Å². The number of aliphatic hydroxyl groups excluding tert-OH is 2. The first kappa shape index (κ1) is 60.1. The number of nitrogens with one attached hydrogen (secondary N) is 1. The maximum Gasteiger partial charge on any atom is 0.305 e. The van der Waals surface area contributed by atoms with Gasteiger partial charge < -0.3 is 20.3 Å². The fraction of sp³-hybridized carbons (Fsp3) is 0.857. The van der Waals surface area contributed by atoms with Gasteiger partial charge in [0.1, 0.15) is 0 Å². The molecule has 0 aliphatic rings. The van der Waals surface area contributed by atoms with Gasteiger partial charge in [-0.25, -0.2) is 0 Å². The van der Waals surface area contributed by atoms with E-state index >= 15 is 0 Å². The van der Waals surface area contributed by atoms with E-state index in [2.05, 4.69) is 43.5 Å². The van der Waals surface area contributed by atoms with Gasteiger partial charge in [0, 0.05) is 12.8 Å². The summed E-state index contributed by atoms with van der Waals surface area (Å²) < 4.78 is 5.48. The van der Waals surface area contributed by atoms with Crippen LogP contribution in [0.25, 0.3) is 0 Å². The van der Waals surface area contributed by atoms with Crippen molar-refractivity contribution >= 4 is 11.9 Å². The van der Waals surface area contributed by atoms with Crippen LogP contribution in [0.4, 0.5) is 0 Å². The van der Waals surface area contributed by atoms with E-state index in [-0.39, 0.29) is 18.5 Å². The fourth-order valence-corrected chi connectivity index (χ4v) is 8.19. The molecule has 3 N–H and O–H groups in total. The minimum absolute atomic E-state index is 0.00828. The van der Waals surface area contributed by atoms with Crippen molar-refractivity contribution in [2.24, 2.45) is 0 Å². The van der Waals surface area contributed by atoms with Crippen molar-refractivity contribution < 1.29 is 24.5 Å². The smallest absolute Gasteiger partial charge is 0.305 e. The third-order valence-corrected chi connectivity index (χ3v) is 12.4. The van der Waals surface area contributed by atoms with Gasteiger partial charge in [-0.15, -0.1) is 0 Å². The van der Waals surface area contributed by atoms with Gasteiger partial charge in [0.15, 0.2) is 0 Å². The Labute approximate surface area is 385 Å². The lowest BCUT2D eigenvalue weighted by Gasteiger charge is -2.20. The Morgan fingerprint density at radius 2 is 0.806 bits per heavy atom. The minimum atomic E-state index is -0.849. The molecule has 2 atom stereocenters. The van der Waals surface area contributed by atoms with Crippen LogP contribution in [0.3, 0.4) is 0 Å². The number of hydrogen-bond acceptors (Lipinski definition) is 5. The lowest BCUT2D eigenvalue weighted by molar-refractivity contribution is -0.143. The van der Waals surface area contributed by atoms with E-state index < -0.39 is 12.1 Å². The van der Waals surface area contributed by atoms with Crippen LogP contribution >= 0.6 is 0 Å². The van der Waals surface area contributed by atoms with E-state index in [9.17, 15) is 19.8 Å². The van der Waals surface area contributed by atoms with Crippen molar-refractivity contribution in [3.8, 4) is 0 Å². The average molecular weight is 872 g/mol. The summed E-state index contributed by atoms with van der Waals surface area (Å²) in [6.07, 6.45) is 62.9. The molecule has 0 aliphatic carbocycles. The molecule has 62 heavy (non-hydrogen) atoms. The Hall–Kier alpha value is -1.92. The molecule has 0 saturated heterocycles. The summed E-state index contributed by atoms with van der Waals surface area (Å²) in [7, 11) is 0. The molecule has 0 aromatic carbocycles. The molecule has 1 amide bonds. The molecule has 0 aromatic rings. The lowest BCUT2D eigenvalue weighted by atomic mass is 10.0. The predicted molar refractivity (Wildman–Crippen MR) is 269 cm³/mol. The summed E-state index contributed by atoms with van der Waals surface area (Å²) in [6, 6.07) is -0.634. The first-order chi connectivity index (χ1) is 30.5. The van der Waals surface area contributed by atoms with Crippen LogP contribution in [0.5, 0.6) is 0 Å². The number of carbonyl (C=O) groups excluding carboxylic acids is 2. The molecular formula is C56H105NO5. The first-order valence-electron chi connectivity index (χ1n) is 27.3. The fourth-order valence-electron chi connectivity index (χ4n) is 8.19. The van der Waals surface area contributed by atoms with Gasteiger partial charge in [0.2, 0.25) is 5.91 Å². The normalized spacial score (nSPS) is 12.9. The number of allylic oxidation sites excluding steroid dienone is 5. The number of hydrogen-bond donors (Lipinski definition) is 3. The molecule has 0 heterocycles. The Balaban J connectivity index is 3.44. The molecule has 0 aromatic heterocycles. The van der Waals surface area contributed by atoms with Crippen LogP contribution < -0.4 is 5.32 Å². The summed E-state index contributed by atoms with van der Waals surface area (Å²) in [5, 5.41) is 23.0. The highest BCUT2D eigenvalue weighted by Crippen LogP contribution is 2.16. The molecule has 0 radical (unpaired) electrons. The average Bonchev–Trinajstić information content (AvgIpc) is 3.27. The van der Waals surface area contributed by atoms with Gasteiger partial charge in [0.05, 0.1) is 25.4 Å². The predicted octanol–water partition coefficient (Wildman–Crippen LogP) is 16.5. The van der Waals surface area contributed by atoms with E-state index in [0.717, 1.165) is 64.2 Å². The van der Waals surface area contributed by atoms with Gasteiger partial charge in [-0.05, 0) is 64.2 Å². The monoisotopic (exact) mass is 872 g/mol. The molecule has 0 fully saturated rings. The van der Waals surface area contributed by atoms with Crippen LogP contribution in [-0.2, 0) is 14.3 Å². The lowest BCUT2D eigenvalue weighted by Crippen LogP contribution is -2.45. The molecule has 0 saturated carbocycles. The van der Waals surface area contributed by atoms with E-state index in [1.165, 1.54) is 193 Å². The molecule has 6 heteroatoms. The Morgan fingerprint density at radius 3 is 1.24 bits per heavy atom. The second-order valence-electron chi connectivity index (χ2n) is 18.6. The van der Waals surface area contributed by atoms with Crippen molar-refractivity contribution in [1.82, 2.24) is 5.32 Å². The number of carbonyl (C=O) groups is 2. The summed E-state index contributed by atoms with van der Waals surface area (Å²) in [5.41, 5.74) is 0. The summed E-state index contributed by atoms with van der Waals surface area (Å²) >= 11 is 0. The summed E-state index contributed by atoms with van der Waals surface area (Å²) in [4.78, 5) is 24.5. The van der Waals surface area contributed by atoms with Crippen LogP contribution in [-0.4, -0.2) is 47.4 Å². The zero-order valence-corrected chi connectivity index (χ0v) is 41.4. The van der Waals surface area contributed by atoms with Crippen molar-refractivity contribution in [2.75, 3.05) is 13.2 Å². The minimum Gasteiger partial charge on any atom is -0.466 e. The molecule has 2 unspecified atom stereocenters. The second-order valence-corrected chi connectivity index (χ2v) is 18.6. The SMILES string of the molecule is CCCCCC/C=C\C/C=C\CCCCCCCCCC(=O)OCCCCCCCCCCCCCCCCCC(=O)NC(CO)C(O)/C=C/CCCCCCCCCCCC. The highest BCUT2D eigenvalue weighted by Gasteiger charge is 2.18. The summed E-state index contributed by atoms with van der Waals surface area (Å²) in [6.45, 7) is 4.86. The van der Waals surface area contributed by atoms with Gasteiger partial charge >= 0.3 is 5.97 Å². The van der Waals surface area contributed by atoms with Gasteiger partial charge in [0.25, 0.3) is 0 Å². The third kappa shape index (κ3) is 47.6. The van der Waals surface area contributed by atoms with E-state index in [1.54, 1.807) is 6.08 Å². The molecule has 0 rings (SSSR count). The molecule has 364 valence electrons. The van der Waals surface area contributed by atoms with Crippen molar-refractivity contribution in [1.29, 1.82) is 0 Å². The zero-order chi connectivity index (χ0) is 45.1. The Kier molecular flexibility index (Phi) is 50.1. The van der Waals surface area contributed by atoms with E-state index in [4.69, 9.17) is 4.74 Å². The largest absolute Gasteiger partial charge is 0.466 e. The van der Waals surface area contributed by atoms with Crippen LogP contribution in [0.15, 0.2) is 36.5 Å². The van der Waals surface area contributed by atoms with Crippen molar-refractivity contribution in [2.45, 2.75) is 296 Å². The summed E-state index contributed by atoms with van der Waals surface area (Å²) in [5.74, 6) is -0.0862. The van der Waals surface area contributed by atoms with Gasteiger partial charge in [-0.2, -0.15) is 0 Å². The van der Waals surface area contributed by atoms with Gasteiger partial charge in [-0.1, -0.05) is 243 Å². The maximum absolute atomic E-state index is 12.4. The quantitative estimate of drug-likeness (QED) is 0.0321. The highest BCUT2D eigenvalue weighted by atomic mass is 16.5. The van der Waals surface area contributed by atoms with Crippen LogP contribution in [0.1, 0.15) is 284 Å². The maximum atomic E-state index is 12.4. The zero-order valence-electron chi connectivity index (χ0n) is 41.4. The third-order valence-electron chi connectivity index (χ3n) is 12.4. The number of aliphatic hydroxyl groups is 2. The van der Waals surface area contributed by atoms with Crippen molar-refractivity contribution in [3.05, 3.63) is 36.5 Å². The molecule has 6 nitrogen and oxygen atoms in total. The van der Waals surface area contributed by atoms with Crippen LogP contribution in [0, 0.1) is 0 Å². The number of amides is 1. The number of esters is 1. The Morgan fingerprint density at radius 1 is 0.452 bits per heavy atom. The van der Waals surface area contributed by atoms with Gasteiger partial charge in [-0.3, -0.25) is 9.59 Å². The first-order valence-corrected chi connectivity index (χ1v) is 27.3. The number of rotatable bonds is 50. The molecular weight excluding hydrogens is 767 g/mol. The topological polar surface area (TPSA) is 95.9 Å².